The minimum absolute atomic E-state index is 0.0443. The lowest BCUT2D eigenvalue weighted by Crippen LogP contribution is -2.20. The summed E-state index contributed by atoms with van der Waals surface area (Å²) >= 11 is 0. The highest BCUT2D eigenvalue weighted by Gasteiger charge is 2.11. The lowest BCUT2D eigenvalue weighted by molar-refractivity contribution is -0.0512. The van der Waals surface area contributed by atoms with Gasteiger partial charge >= 0.3 is 6.61 Å². The van der Waals surface area contributed by atoms with Crippen molar-refractivity contribution in [2.75, 3.05) is 26.9 Å². The average Bonchev–Trinajstić information content (AvgIpc) is 2.42. The molecule has 1 rings (SSSR count). The van der Waals surface area contributed by atoms with Gasteiger partial charge in [0.05, 0.1) is 13.7 Å². The maximum absolute atomic E-state index is 12.3. The zero-order valence-corrected chi connectivity index (χ0v) is 12.7. The number of hydrogen-bond acceptors (Lipinski definition) is 4. The van der Waals surface area contributed by atoms with Crippen molar-refractivity contribution >= 4 is 0 Å². The molecule has 21 heavy (non-hydrogen) atoms. The molecule has 0 amide bonds. The highest BCUT2D eigenvalue weighted by atomic mass is 19.3. The minimum Gasteiger partial charge on any atom is -0.493 e. The molecule has 1 aromatic carbocycles. The Kier molecular flexibility index (Phi) is 8.00. The molecule has 6 heteroatoms. The van der Waals surface area contributed by atoms with E-state index in [-0.39, 0.29) is 5.75 Å². The van der Waals surface area contributed by atoms with Crippen LogP contribution in [0.4, 0.5) is 8.78 Å². The Labute approximate surface area is 124 Å². The van der Waals surface area contributed by atoms with E-state index in [1.807, 2.05) is 0 Å². The normalized spacial score (nSPS) is 11.2. The van der Waals surface area contributed by atoms with Crippen LogP contribution >= 0.6 is 0 Å². The summed E-state index contributed by atoms with van der Waals surface area (Å²) in [5, 5.41) is 3.18. The zero-order chi connectivity index (χ0) is 15.7. The molecule has 1 aromatic rings. The van der Waals surface area contributed by atoms with E-state index in [2.05, 4.69) is 23.9 Å². The molecule has 0 aliphatic heterocycles. The molecule has 0 spiro atoms. The van der Waals surface area contributed by atoms with Gasteiger partial charge < -0.3 is 19.5 Å². The van der Waals surface area contributed by atoms with E-state index in [9.17, 15) is 8.78 Å². The summed E-state index contributed by atoms with van der Waals surface area (Å²) in [4.78, 5) is 0. The zero-order valence-electron chi connectivity index (χ0n) is 12.7. The van der Waals surface area contributed by atoms with E-state index in [4.69, 9.17) is 9.47 Å². The third-order valence-electron chi connectivity index (χ3n) is 2.65. The Morgan fingerprint density at radius 3 is 2.57 bits per heavy atom. The molecule has 0 heterocycles. The molecule has 0 unspecified atom stereocenters. The van der Waals surface area contributed by atoms with Gasteiger partial charge in [-0.2, -0.15) is 8.78 Å². The summed E-state index contributed by atoms with van der Waals surface area (Å²) in [6, 6.07) is 4.97. The molecule has 0 fully saturated rings. The number of rotatable bonds is 10. The minimum atomic E-state index is -2.87. The molecule has 0 saturated heterocycles. The SMILES string of the molecule is COc1ccc(CNCCOCC(C)C)cc1OC(F)F. The van der Waals surface area contributed by atoms with E-state index in [1.165, 1.54) is 7.11 Å². The van der Waals surface area contributed by atoms with Crippen molar-refractivity contribution in [3.8, 4) is 11.5 Å². The van der Waals surface area contributed by atoms with Gasteiger partial charge in [0, 0.05) is 19.7 Å². The fraction of sp³-hybridized carbons (Fsp3) is 0.600. The number of benzene rings is 1. The van der Waals surface area contributed by atoms with Crippen LogP contribution in [-0.4, -0.2) is 33.5 Å². The molecule has 4 nitrogen and oxygen atoms in total. The summed E-state index contributed by atoms with van der Waals surface area (Å²) in [5.74, 6) is 0.850. The standard InChI is InChI=1S/C15H23F2NO3/c1-11(2)10-20-7-6-18-9-12-4-5-13(19-3)14(8-12)21-15(16)17/h4-5,8,11,15,18H,6-7,9-10H2,1-3H3. The van der Waals surface area contributed by atoms with Crippen LogP contribution in [0.1, 0.15) is 19.4 Å². The first-order chi connectivity index (χ1) is 10.0. The molecule has 0 radical (unpaired) electrons. The van der Waals surface area contributed by atoms with Crippen LogP contribution in [0.2, 0.25) is 0 Å². The molecular weight excluding hydrogens is 280 g/mol. The maximum atomic E-state index is 12.3. The first-order valence-electron chi connectivity index (χ1n) is 6.93. The van der Waals surface area contributed by atoms with Gasteiger partial charge in [-0.25, -0.2) is 0 Å². The van der Waals surface area contributed by atoms with Gasteiger partial charge in [-0.1, -0.05) is 19.9 Å². The Hall–Kier alpha value is -1.40. The van der Waals surface area contributed by atoms with Gasteiger partial charge in [0.25, 0.3) is 0 Å². The number of halogens is 2. The lowest BCUT2D eigenvalue weighted by atomic mass is 10.2. The molecule has 0 aliphatic rings. The monoisotopic (exact) mass is 303 g/mol. The summed E-state index contributed by atoms with van der Waals surface area (Å²) in [7, 11) is 1.41. The second-order valence-electron chi connectivity index (χ2n) is 5.01. The maximum Gasteiger partial charge on any atom is 0.387 e. The van der Waals surface area contributed by atoms with Crippen molar-refractivity contribution in [2.45, 2.75) is 27.0 Å². The predicted octanol–water partition coefficient (Wildman–Crippen LogP) is 3.06. The van der Waals surface area contributed by atoms with Gasteiger partial charge in [-0.05, 0) is 23.6 Å². The molecule has 0 saturated carbocycles. The lowest BCUT2D eigenvalue weighted by Gasteiger charge is -2.12. The highest BCUT2D eigenvalue weighted by Crippen LogP contribution is 2.29. The van der Waals surface area contributed by atoms with Crippen molar-refractivity contribution in [1.29, 1.82) is 0 Å². The molecular formula is C15H23F2NO3. The second kappa shape index (κ2) is 9.52. The Morgan fingerprint density at radius 1 is 1.19 bits per heavy atom. The Balaban J connectivity index is 2.41. The average molecular weight is 303 g/mol. The summed E-state index contributed by atoms with van der Waals surface area (Å²) < 4.78 is 39.5. The van der Waals surface area contributed by atoms with Crippen molar-refractivity contribution in [3.05, 3.63) is 23.8 Å². The van der Waals surface area contributed by atoms with E-state index in [0.717, 1.165) is 12.2 Å². The third kappa shape index (κ3) is 7.24. The van der Waals surface area contributed by atoms with Crippen molar-refractivity contribution < 1.29 is 23.0 Å². The van der Waals surface area contributed by atoms with Crippen molar-refractivity contribution in [2.24, 2.45) is 5.92 Å². The molecule has 120 valence electrons. The van der Waals surface area contributed by atoms with E-state index in [1.54, 1.807) is 18.2 Å². The quantitative estimate of drug-likeness (QED) is 0.674. The number of ether oxygens (including phenoxy) is 3. The van der Waals surface area contributed by atoms with Crippen LogP contribution in [0.25, 0.3) is 0 Å². The fourth-order valence-electron chi connectivity index (χ4n) is 1.72. The van der Waals surface area contributed by atoms with Gasteiger partial charge in [-0.3, -0.25) is 0 Å². The van der Waals surface area contributed by atoms with Crippen LogP contribution in [0, 0.1) is 5.92 Å². The molecule has 0 aliphatic carbocycles. The molecule has 1 N–H and O–H groups in total. The van der Waals surface area contributed by atoms with Gasteiger partial charge in [0.15, 0.2) is 11.5 Å². The highest BCUT2D eigenvalue weighted by molar-refractivity contribution is 5.42. The Bertz CT molecular complexity index is 414. The van der Waals surface area contributed by atoms with Gasteiger partial charge in [0.1, 0.15) is 0 Å². The van der Waals surface area contributed by atoms with Crippen molar-refractivity contribution in [3.63, 3.8) is 0 Å². The summed E-state index contributed by atoms with van der Waals surface area (Å²) in [6.07, 6.45) is 0. The largest absolute Gasteiger partial charge is 0.493 e. The number of alkyl halides is 2. The van der Waals surface area contributed by atoms with Gasteiger partial charge in [-0.15, -0.1) is 0 Å². The van der Waals surface area contributed by atoms with Gasteiger partial charge in [0.2, 0.25) is 0 Å². The fourth-order valence-corrected chi connectivity index (χ4v) is 1.72. The van der Waals surface area contributed by atoms with Crippen LogP contribution in [0.15, 0.2) is 18.2 Å². The van der Waals surface area contributed by atoms with Crippen LogP contribution in [0.5, 0.6) is 11.5 Å². The van der Waals surface area contributed by atoms with E-state index >= 15 is 0 Å². The first-order valence-corrected chi connectivity index (χ1v) is 6.93. The molecule has 0 bridgehead atoms. The summed E-state index contributed by atoms with van der Waals surface area (Å²) in [6.45, 7) is 3.92. The topological polar surface area (TPSA) is 39.7 Å². The van der Waals surface area contributed by atoms with Crippen LogP contribution < -0.4 is 14.8 Å². The molecule has 0 aromatic heterocycles. The Morgan fingerprint density at radius 2 is 1.95 bits per heavy atom. The first kappa shape index (κ1) is 17.7. The van der Waals surface area contributed by atoms with Crippen molar-refractivity contribution in [1.82, 2.24) is 5.32 Å². The van der Waals surface area contributed by atoms with E-state index in [0.29, 0.717) is 31.4 Å². The number of hydrogen-bond donors (Lipinski definition) is 1. The predicted molar refractivity (Wildman–Crippen MR) is 77.0 cm³/mol. The molecule has 0 atom stereocenters. The van der Waals surface area contributed by atoms with Crippen LogP contribution in [-0.2, 0) is 11.3 Å². The number of nitrogens with one attached hydrogen (secondary N) is 1. The third-order valence-corrected chi connectivity index (χ3v) is 2.65. The smallest absolute Gasteiger partial charge is 0.387 e. The number of methoxy groups -OCH3 is 1. The van der Waals surface area contributed by atoms with Crippen LogP contribution in [0.3, 0.4) is 0 Å². The summed E-state index contributed by atoms with van der Waals surface area (Å²) in [5.41, 5.74) is 0.843. The second-order valence-corrected chi connectivity index (χ2v) is 5.01. The van der Waals surface area contributed by atoms with E-state index < -0.39 is 6.61 Å².